The third kappa shape index (κ3) is 3.16. The van der Waals surface area contributed by atoms with Gasteiger partial charge in [0, 0.05) is 25.0 Å². The van der Waals surface area contributed by atoms with E-state index in [1.54, 1.807) is 0 Å². The van der Waals surface area contributed by atoms with Gasteiger partial charge in [0.2, 0.25) is 0 Å². The summed E-state index contributed by atoms with van der Waals surface area (Å²) in [6.45, 7) is 7.61. The molecular formula is C13H21NS. The number of hydrogen-bond donors (Lipinski definition) is 1. The second-order valence-corrected chi connectivity index (χ2v) is 4.79. The molecule has 0 aromatic heterocycles. The Bertz CT molecular complexity index is 320. The molecule has 0 N–H and O–H groups in total. The molecule has 0 aliphatic heterocycles. The van der Waals surface area contributed by atoms with Crippen molar-refractivity contribution in [2.45, 2.75) is 26.7 Å². The van der Waals surface area contributed by atoms with Gasteiger partial charge in [-0.05, 0) is 30.0 Å². The molecule has 0 unspecified atom stereocenters. The van der Waals surface area contributed by atoms with Gasteiger partial charge in [0.15, 0.2) is 0 Å². The van der Waals surface area contributed by atoms with Crippen molar-refractivity contribution in [3.05, 3.63) is 29.3 Å². The van der Waals surface area contributed by atoms with Crippen LogP contribution in [0.3, 0.4) is 0 Å². The molecule has 0 fully saturated rings. The fourth-order valence-corrected chi connectivity index (χ4v) is 1.97. The van der Waals surface area contributed by atoms with Crippen molar-refractivity contribution in [3.63, 3.8) is 0 Å². The molecule has 0 radical (unpaired) electrons. The van der Waals surface area contributed by atoms with Gasteiger partial charge in [0.05, 0.1) is 0 Å². The number of rotatable bonds is 4. The van der Waals surface area contributed by atoms with E-state index in [0.29, 0.717) is 5.92 Å². The van der Waals surface area contributed by atoms with E-state index < -0.39 is 0 Å². The number of nitrogens with zero attached hydrogens (tertiary/aromatic N) is 1. The van der Waals surface area contributed by atoms with Crippen molar-refractivity contribution in [2.75, 3.05) is 24.2 Å². The molecule has 0 aliphatic carbocycles. The van der Waals surface area contributed by atoms with E-state index in [4.69, 9.17) is 0 Å². The summed E-state index contributed by atoms with van der Waals surface area (Å²) in [6, 6.07) is 6.72. The van der Waals surface area contributed by atoms with Gasteiger partial charge in [0.25, 0.3) is 0 Å². The van der Waals surface area contributed by atoms with Crippen molar-refractivity contribution >= 4 is 18.3 Å². The predicted octanol–water partition coefficient (Wildman–Crippen LogP) is 3.48. The molecule has 0 saturated heterocycles. The molecule has 0 aliphatic rings. The van der Waals surface area contributed by atoms with Crippen LogP contribution in [-0.4, -0.2) is 19.3 Å². The maximum Gasteiger partial charge on any atom is 0.0396 e. The van der Waals surface area contributed by atoms with Crippen LogP contribution in [0.4, 0.5) is 5.69 Å². The molecule has 0 spiro atoms. The number of thiol groups is 1. The number of anilines is 1. The first-order chi connectivity index (χ1) is 7.06. The van der Waals surface area contributed by atoms with E-state index in [-0.39, 0.29) is 0 Å². The minimum atomic E-state index is 0.591. The van der Waals surface area contributed by atoms with Crippen LogP contribution in [0.25, 0.3) is 0 Å². The van der Waals surface area contributed by atoms with Gasteiger partial charge in [-0.1, -0.05) is 26.0 Å². The van der Waals surface area contributed by atoms with E-state index in [1.807, 2.05) is 0 Å². The zero-order valence-electron chi connectivity index (χ0n) is 10.1. The first-order valence-electron chi connectivity index (χ1n) is 5.48. The summed E-state index contributed by atoms with van der Waals surface area (Å²) in [7, 11) is 2.13. The first kappa shape index (κ1) is 12.4. The molecule has 2 heteroatoms. The van der Waals surface area contributed by atoms with Gasteiger partial charge in [-0.25, -0.2) is 0 Å². The van der Waals surface area contributed by atoms with Crippen LogP contribution in [0.1, 0.15) is 30.9 Å². The summed E-state index contributed by atoms with van der Waals surface area (Å²) in [6.07, 6.45) is 0. The summed E-state index contributed by atoms with van der Waals surface area (Å²) in [5.41, 5.74) is 4.07. The lowest BCUT2D eigenvalue weighted by molar-refractivity contribution is 0.861. The molecule has 1 rings (SSSR count). The minimum absolute atomic E-state index is 0.591. The Morgan fingerprint density at radius 1 is 1.33 bits per heavy atom. The van der Waals surface area contributed by atoms with Gasteiger partial charge in [-0.2, -0.15) is 12.6 Å². The molecule has 1 aromatic carbocycles. The van der Waals surface area contributed by atoms with E-state index in [2.05, 4.69) is 63.5 Å². The van der Waals surface area contributed by atoms with Gasteiger partial charge in [-0.15, -0.1) is 0 Å². The quantitative estimate of drug-likeness (QED) is 0.765. The Labute approximate surface area is 98.9 Å². The highest BCUT2D eigenvalue weighted by Crippen LogP contribution is 2.24. The summed E-state index contributed by atoms with van der Waals surface area (Å²) in [5, 5.41) is 0. The molecule has 0 saturated carbocycles. The molecule has 1 aromatic rings. The summed E-state index contributed by atoms with van der Waals surface area (Å²) in [5.74, 6) is 1.48. The van der Waals surface area contributed by atoms with Crippen LogP contribution < -0.4 is 4.90 Å². The molecule has 15 heavy (non-hydrogen) atoms. The van der Waals surface area contributed by atoms with E-state index in [0.717, 1.165) is 12.3 Å². The Morgan fingerprint density at radius 3 is 2.53 bits per heavy atom. The average Bonchev–Trinajstić information content (AvgIpc) is 2.18. The van der Waals surface area contributed by atoms with Crippen LogP contribution in [0.2, 0.25) is 0 Å². The minimum Gasteiger partial charge on any atom is -0.374 e. The summed E-state index contributed by atoms with van der Waals surface area (Å²) in [4.78, 5) is 2.27. The SMILES string of the molecule is Cc1ccc(C(C)C)cc1N(C)CCS. The van der Waals surface area contributed by atoms with Gasteiger partial charge in [-0.3, -0.25) is 0 Å². The average molecular weight is 223 g/mol. The second kappa shape index (κ2) is 5.45. The van der Waals surface area contributed by atoms with Crippen LogP contribution in [0.15, 0.2) is 18.2 Å². The number of benzene rings is 1. The Kier molecular flexibility index (Phi) is 4.52. The first-order valence-corrected chi connectivity index (χ1v) is 6.12. The van der Waals surface area contributed by atoms with Crippen molar-refractivity contribution in [1.29, 1.82) is 0 Å². The number of aryl methyl sites for hydroxylation is 1. The van der Waals surface area contributed by atoms with E-state index in [1.165, 1.54) is 16.8 Å². The summed E-state index contributed by atoms with van der Waals surface area (Å²) >= 11 is 4.27. The zero-order valence-corrected chi connectivity index (χ0v) is 11.0. The molecule has 0 atom stereocenters. The normalized spacial score (nSPS) is 10.8. The maximum atomic E-state index is 4.27. The molecule has 0 amide bonds. The second-order valence-electron chi connectivity index (χ2n) is 4.35. The monoisotopic (exact) mass is 223 g/mol. The van der Waals surface area contributed by atoms with Gasteiger partial charge < -0.3 is 4.90 Å². The van der Waals surface area contributed by atoms with Crippen molar-refractivity contribution < 1.29 is 0 Å². The van der Waals surface area contributed by atoms with E-state index in [9.17, 15) is 0 Å². The molecule has 0 bridgehead atoms. The largest absolute Gasteiger partial charge is 0.374 e. The van der Waals surface area contributed by atoms with Crippen molar-refractivity contribution in [3.8, 4) is 0 Å². The van der Waals surface area contributed by atoms with E-state index >= 15 is 0 Å². The molecule has 1 nitrogen and oxygen atoms in total. The lowest BCUT2D eigenvalue weighted by atomic mass is 10.0. The maximum absolute atomic E-state index is 4.27. The highest BCUT2D eigenvalue weighted by molar-refractivity contribution is 7.80. The van der Waals surface area contributed by atoms with Crippen LogP contribution in [-0.2, 0) is 0 Å². The zero-order chi connectivity index (χ0) is 11.4. The third-order valence-electron chi connectivity index (χ3n) is 2.75. The number of hydrogen-bond acceptors (Lipinski definition) is 2. The molecule has 0 heterocycles. The van der Waals surface area contributed by atoms with Crippen LogP contribution in [0, 0.1) is 6.92 Å². The predicted molar refractivity (Wildman–Crippen MR) is 72.4 cm³/mol. The lowest BCUT2D eigenvalue weighted by Crippen LogP contribution is -2.20. The van der Waals surface area contributed by atoms with Crippen molar-refractivity contribution in [2.24, 2.45) is 0 Å². The molecule has 84 valence electrons. The highest BCUT2D eigenvalue weighted by atomic mass is 32.1. The fraction of sp³-hybridized carbons (Fsp3) is 0.538. The Balaban J connectivity index is 2.99. The third-order valence-corrected chi connectivity index (χ3v) is 2.95. The Hall–Kier alpha value is -0.630. The summed E-state index contributed by atoms with van der Waals surface area (Å²) < 4.78 is 0. The smallest absolute Gasteiger partial charge is 0.0396 e. The Morgan fingerprint density at radius 2 is 2.00 bits per heavy atom. The standard InChI is InChI=1S/C13H21NS/c1-10(2)12-6-5-11(3)13(9-12)14(4)7-8-15/h5-6,9-10,15H,7-8H2,1-4H3. The molecular weight excluding hydrogens is 202 g/mol. The van der Waals surface area contributed by atoms with Crippen LogP contribution >= 0.6 is 12.6 Å². The van der Waals surface area contributed by atoms with Gasteiger partial charge in [0.1, 0.15) is 0 Å². The van der Waals surface area contributed by atoms with Crippen LogP contribution in [0.5, 0.6) is 0 Å². The fourth-order valence-electron chi connectivity index (χ4n) is 1.67. The highest BCUT2D eigenvalue weighted by Gasteiger charge is 2.06. The lowest BCUT2D eigenvalue weighted by Gasteiger charge is -2.22. The topological polar surface area (TPSA) is 3.24 Å². The van der Waals surface area contributed by atoms with Gasteiger partial charge >= 0.3 is 0 Å². The van der Waals surface area contributed by atoms with Crippen molar-refractivity contribution in [1.82, 2.24) is 0 Å².